The minimum Gasteiger partial charge on any atom is -0.486 e. The average Bonchev–Trinajstić information content (AvgIpc) is 3.36. The van der Waals surface area contributed by atoms with E-state index in [-0.39, 0.29) is 0 Å². The van der Waals surface area contributed by atoms with Crippen LogP contribution in [0.5, 0.6) is 5.75 Å². The summed E-state index contributed by atoms with van der Waals surface area (Å²) in [6.45, 7) is 3.91. The number of hydrogen-bond donors (Lipinski definition) is 2. The number of fused-ring (bicyclic) bond motifs is 1. The maximum Gasteiger partial charge on any atom is 0.490 e. The van der Waals surface area contributed by atoms with Crippen molar-refractivity contribution in [2.75, 3.05) is 6.54 Å². The van der Waals surface area contributed by atoms with Crippen LogP contribution < -0.4 is 4.74 Å². The number of carboxylic acid groups (broad SMARTS) is 2. The summed E-state index contributed by atoms with van der Waals surface area (Å²) in [6.07, 6.45) is -1.87. The fraction of sp³-hybridized carbons (Fsp3) is 0.429. The van der Waals surface area contributed by atoms with Crippen LogP contribution in [-0.4, -0.2) is 75.5 Å². The molecule has 0 saturated carbocycles. The van der Waals surface area contributed by atoms with E-state index in [9.17, 15) is 26.3 Å². The number of halogens is 6. The van der Waals surface area contributed by atoms with Crippen LogP contribution in [0, 0.1) is 0 Å². The smallest absolute Gasteiger partial charge is 0.486 e. The van der Waals surface area contributed by atoms with Gasteiger partial charge in [0.15, 0.2) is 0 Å². The predicted molar refractivity (Wildman–Crippen MR) is 118 cm³/mol. The van der Waals surface area contributed by atoms with E-state index in [1.54, 1.807) is 12.4 Å². The second-order valence-corrected chi connectivity index (χ2v) is 7.81. The van der Waals surface area contributed by atoms with E-state index in [1.165, 1.54) is 0 Å². The van der Waals surface area contributed by atoms with Crippen LogP contribution in [0.3, 0.4) is 0 Å². The molecule has 1 aliphatic heterocycles. The predicted octanol–water partition coefficient (Wildman–Crippen LogP) is 2.66. The van der Waals surface area contributed by atoms with Gasteiger partial charge in [-0.25, -0.2) is 19.3 Å². The molecule has 0 fully saturated rings. The molecular formula is C21H23F6N7O5. The molecule has 18 heteroatoms. The zero-order valence-corrected chi connectivity index (χ0v) is 20.2. The first kappa shape index (κ1) is 31.0. The summed E-state index contributed by atoms with van der Waals surface area (Å²) in [5.74, 6) is -3.71. The van der Waals surface area contributed by atoms with Crippen molar-refractivity contribution in [3.8, 4) is 5.75 Å². The van der Waals surface area contributed by atoms with Gasteiger partial charge in [0, 0.05) is 45.3 Å². The third kappa shape index (κ3) is 10.2. The quantitative estimate of drug-likeness (QED) is 0.441. The van der Waals surface area contributed by atoms with Crippen molar-refractivity contribution in [1.29, 1.82) is 0 Å². The minimum absolute atomic E-state index is 0.400. The van der Waals surface area contributed by atoms with Crippen LogP contribution in [0.1, 0.15) is 23.6 Å². The molecule has 0 bridgehead atoms. The third-order valence-corrected chi connectivity index (χ3v) is 4.92. The Hall–Kier alpha value is -4.22. The summed E-state index contributed by atoms with van der Waals surface area (Å²) in [5.41, 5.74) is 2.01. The van der Waals surface area contributed by atoms with Crippen LogP contribution in [0.25, 0.3) is 0 Å². The normalized spacial score (nSPS) is 13.6. The van der Waals surface area contributed by atoms with Crippen molar-refractivity contribution >= 4 is 11.9 Å². The van der Waals surface area contributed by atoms with Crippen molar-refractivity contribution in [2.24, 2.45) is 7.05 Å². The van der Waals surface area contributed by atoms with E-state index in [0.717, 1.165) is 55.6 Å². The summed E-state index contributed by atoms with van der Waals surface area (Å²) in [6, 6.07) is 3.75. The van der Waals surface area contributed by atoms with E-state index in [0.29, 0.717) is 6.61 Å². The Morgan fingerprint density at radius 3 is 2.21 bits per heavy atom. The molecule has 0 radical (unpaired) electrons. The molecule has 4 heterocycles. The zero-order chi connectivity index (χ0) is 29.2. The molecule has 3 aromatic heterocycles. The molecule has 4 rings (SSSR count). The summed E-state index contributed by atoms with van der Waals surface area (Å²) in [4.78, 5) is 28.7. The van der Waals surface area contributed by atoms with E-state index < -0.39 is 24.3 Å². The number of pyridine rings is 1. The average molecular weight is 567 g/mol. The Labute approximate surface area is 216 Å². The Morgan fingerprint density at radius 1 is 1.05 bits per heavy atom. The lowest BCUT2D eigenvalue weighted by Crippen LogP contribution is -2.25. The first-order valence-corrected chi connectivity index (χ1v) is 10.9. The van der Waals surface area contributed by atoms with Crippen molar-refractivity contribution < 1.29 is 50.9 Å². The largest absolute Gasteiger partial charge is 0.490 e. The lowest BCUT2D eigenvalue weighted by atomic mass is 10.3. The van der Waals surface area contributed by atoms with E-state index in [2.05, 4.69) is 29.7 Å². The van der Waals surface area contributed by atoms with E-state index in [1.807, 2.05) is 36.3 Å². The molecule has 0 atom stereocenters. The van der Waals surface area contributed by atoms with E-state index >= 15 is 0 Å². The first-order chi connectivity index (χ1) is 18.2. The second kappa shape index (κ2) is 13.5. The number of nitrogens with zero attached hydrogens (tertiary/aromatic N) is 7. The van der Waals surface area contributed by atoms with Crippen LogP contribution >= 0.6 is 0 Å². The van der Waals surface area contributed by atoms with Crippen LogP contribution in [-0.2, 0) is 42.9 Å². The molecule has 0 saturated heterocycles. The molecule has 0 aromatic carbocycles. The lowest BCUT2D eigenvalue weighted by molar-refractivity contribution is -0.193. The highest BCUT2D eigenvalue weighted by Crippen LogP contribution is 2.18. The topological polar surface area (TPSA) is 148 Å². The molecular weight excluding hydrogens is 544 g/mol. The molecule has 214 valence electrons. The zero-order valence-electron chi connectivity index (χ0n) is 20.2. The number of hydrogen-bond acceptors (Lipinski definition) is 8. The van der Waals surface area contributed by atoms with E-state index in [4.69, 9.17) is 24.5 Å². The van der Waals surface area contributed by atoms with Crippen molar-refractivity contribution in [2.45, 2.75) is 45.0 Å². The lowest BCUT2D eigenvalue weighted by Gasteiger charge is -2.19. The SMILES string of the molecule is Cn1ccnc1CN1CCCn2nnc(COc3cccnc3)c2C1.O=C(O)C(F)(F)F.O=C(O)C(F)(F)F. The Kier molecular flexibility index (Phi) is 10.8. The maximum atomic E-state index is 10.6. The highest BCUT2D eigenvalue weighted by molar-refractivity contribution is 5.73. The summed E-state index contributed by atoms with van der Waals surface area (Å²) in [5, 5.41) is 22.9. The summed E-state index contributed by atoms with van der Waals surface area (Å²) in [7, 11) is 2.03. The van der Waals surface area contributed by atoms with Crippen LogP contribution in [0.15, 0.2) is 36.9 Å². The molecule has 0 aliphatic carbocycles. The Bertz CT molecular complexity index is 1190. The Morgan fingerprint density at radius 2 is 1.69 bits per heavy atom. The van der Waals surface area contributed by atoms with Gasteiger partial charge in [0.2, 0.25) is 0 Å². The summed E-state index contributed by atoms with van der Waals surface area (Å²) >= 11 is 0. The third-order valence-electron chi connectivity index (χ3n) is 4.92. The number of aromatic nitrogens is 6. The molecule has 0 spiro atoms. The molecule has 3 aromatic rings. The number of rotatable bonds is 5. The number of carbonyl (C=O) groups is 2. The molecule has 0 unspecified atom stereocenters. The van der Waals surface area contributed by atoms with Crippen molar-refractivity contribution in [1.82, 2.24) is 34.4 Å². The van der Waals surface area contributed by atoms with Gasteiger partial charge < -0.3 is 19.5 Å². The maximum absolute atomic E-state index is 10.6. The van der Waals surface area contributed by atoms with Crippen molar-refractivity contribution in [3.05, 3.63) is 54.1 Å². The molecule has 2 N–H and O–H groups in total. The minimum atomic E-state index is -5.08. The van der Waals surface area contributed by atoms with Gasteiger partial charge >= 0.3 is 24.3 Å². The number of alkyl halides is 6. The monoisotopic (exact) mass is 567 g/mol. The Balaban J connectivity index is 0.000000317. The van der Waals surface area contributed by atoms with Crippen molar-refractivity contribution in [3.63, 3.8) is 0 Å². The van der Waals surface area contributed by atoms with Gasteiger partial charge in [0.1, 0.15) is 23.9 Å². The van der Waals surface area contributed by atoms with Gasteiger partial charge in [0.25, 0.3) is 0 Å². The standard InChI is InChI=1S/C17H21N7O.2C2HF3O2/c1-22-9-6-19-17(22)12-23-7-3-8-24-16(11-23)15(20-21-24)13-25-14-4-2-5-18-10-14;2*3-2(4,5)1(6)7/h2,4-6,9-10H,3,7-8,11-13H2,1H3;2*(H,6,7). The van der Waals surface area contributed by atoms with Gasteiger partial charge in [-0.05, 0) is 18.6 Å². The molecule has 39 heavy (non-hydrogen) atoms. The van der Waals surface area contributed by atoms with Gasteiger partial charge in [-0.15, -0.1) is 5.10 Å². The summed E-state index contributed by atoms with van der Waals surface area (Å²) < 4.78 is 73.3. The number of carboxylic acids is 2. The van der Waals surface area contributed by atoms with Gasteiger partial charge in [-0.2, -0.15) is 26.3 Å². The first-order valence-electron chi connectivity index (χ1n) is 10.9. The fourth-order valence-corrected chi connectivity index (χ4v) is 3.04. The van der Waals surface area contributed by atoms with Gasteiger partial charge in [-0.1, -0.05) is 5.21 Å². The van der Waals surface area contributed by atoms with Gasteiger partial charge in [0.05, 0.1) is 18.4 Å². The highest BCUT2D eigenvalue weighted by Gasteiger charge is 2.38. The fourth-order valence-electron chi connectivity index (χ4n) is 3.04. The molecule has 12 nitrogen and oxygen atoms in total. The number of ether oxygens (including phenoxy) is 1. The highest BCUT2D eigenvalue weighted by atomic mass is 19.4. The number of imidazole rings is 1. The number of aliphatic carboxylic acids is 2. The molecule has 1 aliphatic rings. The second-order valence-electron chi connectivity index (χ2n) is 7.81. The number of aryl methyl sites for hydroxylation is 2. The molecule has 0 amide bonds. The van der Waals surface area contributed by atoms with Crippen LogP contribution in [0.4, 0.5) is 26.3 Å². The van der Waals surface area contributed by atoms with Gasteiger partial charge in [-0.3, -0.25) is 9.88 Å². The van der Waals surface area contributed by atoms with Crippen LogP contribution in [0.2, 0.25) is 0 Å².